The number of ether oxygens (including phenoxy) is 1. The van der Waals surface area contributed by atoms with Gasteiger partial charge in [0.05, 0.1) is 5.69 Å². The number of nitrogens with one attached hydrogen (secondary N) is 1. The third kappa shape index (κ3) is 3.65. The molecule has 0 atom stereocenters. The summed E-state index contributed by atoms with van der Waals surface area (Å²) in [6, 6.07) is 3.88. The van der Waals surface area contributed by atoms with Gasteiger partial charge < -0.3 is 10.1 Å². The molecule has 1 aromatic carbocycles. The average molecular weight is 253 g/mol. The first kappa shape index (κ1) is 13.8. The van der Waals surface area contributed by atoms with Crippen LogP contribution < -0.4 is 5.32 Å². The molecule has 18 heavy (non-hydrogen) atoms. The first-order valence-corrected chi connectivity index (χ1v) is 5.14. The molecule has 1 N–H and O–H groups in total. The second kappa shape index (κ2) is 5.90. The Bertz CT molecular complexity index is 499. The number of Topliss-reactive ketones (excluding diaryl/α,β-unsaturated/α-hetero) is 1. The summed E-state index contributed by atoms with van der Waals surface area (Å²) in [5, 5.41) is 2.20. The molecule has 5 nitrogen and oxygen atoms in total. The van der Waals surface area contributed by atoms with Crippen LogP contribution in [0.5, 0.6) is 0 Å². The molecule has 6 heteroatoms. The predicted octanol–water partition coefficient (Wildman–Crippen LogP) is 1.53. The van der Waals surface area contributed by atoms with Crippen LogP contribution in [0.1, 0.15) is 24.2 Å². The van der Waals surface area contributed by atoms with Crippen molar-refractivity contribution in [1.29, 1.82) is 0 Å². The van der Waals surface area contributed by atoms with Gasteiger partial charge in [0.25, 0.3) is 5.91 Å². The summed E-state index contributed by atoms with van der Waals surface area (Å²) >= 11 is 0. The predicted molar refractivity (Wildman–Crippen MR) is 61.7 cm³/mol. The zero-order valence-corrected chi connectivity index (χ0v) is 9.95. The normalized spacial score (nSPS) is 9.72. The van der Waals surface area contributed by atoms with Crippen LogP contribution >= 0.6 is 0 Å². The zero-order chi connectivity index (χ0) is 13.7. The second-order valence-corrected chi connectivity index (χ2v) is 3.55. The number of carbonyl (C=O) groups excluding carboxylic acids is 3. The van der Waals surface area contributed by atoms with E-state index in [-0.39, 0.29) is 17.0 Å². The lowest BCUT2D eigenvalue weighted by atomic mass is 10.1. The van der Waals surface area contributed by atoms with Gasteiger partial charge in [-0.05, 0) is 19.1 Å². The zero-order valence-electron chi connectivity index (χ0n) is 9.95. The van der Waals surface area contributed by atoms with Crippen LogP contribution in [0.3, 0.4) is 0 Å². The molecule has 0 heterocycles. The molecule has 0 aliphatic heterocycles. The number of benzene rings is 1. The maximum absolute atomic E-state index is 13.5. The van der Waals surface area contributed by atoms with E-state index in [9.17, 15) is 18.8 Å². The molecule has 0 aliphatic rings. The number of esters is 1. The second-order valence-electron chi connectivity index (χ2n) is 3.55. The van der Waals surface area contributed by atoms with Crippen LogP contribution in [-0.2, 0) is 14.3 Å². The van der Waals surface area contributed by atoms with Gasteiger partial charge in [-0.2, -0.15) is 0 Å². The van der Waals surface area contributed by atoms with Crippen molar-refractivity contribution in [3.05, 3.63) is 29.6 Å². The minimum Gasteiger partial charge on any atom is -0.456 e. The Balaban J connectivity index is 2.86. The van der Waals surface area contributed by atoms with E-state index in [1.165, 1.54) is 19.1 Å². The van der Waals surface area contributed by atoms with E-state index in [0.717, 1.165) is 13.0 Å². The Hall–Kier alpha value is -2.24. The van der Waals surface area contributed by atoms with E-state index >= 15 is 0 Å². The van der Waals surface area contributed by atoms with Gasteiger partial charge in [0.1, 0.15) is 5.82 Å². The number of anilines is 1. The molecule has 0 spiro atoms. The molecule has 96 valence electrons. The molecule has 0 unspecified atom stereocenters. The topological polar surface area (TPSA) is 72.5 Å². The summed E-state index contributed by atoms with van der Waals surface area (Å²) in [7, 11) is 0. The van der Waals surface area contributed by atoms with E-state index in [2.05, 4.69) is 10.1 Å². The maximum Gasteiger partial charge on any atom is 0.303 e. The van der Waals surface area contributed by atoms with Crippen molar-refractivity contribution in [1.82, 2.24) is 0 Å². The van der Waals surface area contributed by atoms with E-state index in [1.54, 1.807) is 0 Å². The third-order valence-electron chi connectivity index (χ3n) is 2.06. The van der Waals surface area contributed by atoms with Gasteiger partial charge in [-0.25, -0.2) is 4.39 Å². The summed E-state index contributed by atoms with van der Waals surface area (Å²) in [5.41, 5.74) is -0.145. The first-order valence-electron chi connectivity index (χ1n) is 5.14. The fourth-order valence-electron chi connectivity index (χ4n) is 1.29. The summed E-state index contributed by atoms with van der Waals surface area (Å²) in [5.74, 6) is -2.43. The van der Waals surface area contributed by atoms with Gasteiger partial charge >= 0.3 is 5.97 Å². The molecular weight excluding hydrogens is 241 g/mol. The highest BCUT2D eigenvalue weighted by atomic mass is 19.1. The van der Waals surface area contributed by atoms with E-state index < -0.39 is 24.3 Å². The Morgan fingerprint density at radius 1 is 1.28 bits per heavy atom. The number of hydrogen-bond donors (Lipinski definition) is 1. The molecule has 1 aromatic rings. The lowest BCUT2D eigenvalue weighted by Crippen LogP contribution is -2.21. The third-order valence-corrected chi connectivity index (χ3v) is 2.06. The first-order chi connectivity index (χ1) is 8.41. The highest BCUT2D eigenvalue weighted by Crippen LogP contribution is 2.20. The fourth-order valence-corrected chi connectivity index (χ4v) is 1.29. The Morgan fingerprint density at radius 2 is 1.94 bits per heavy atom. The van der Waals surface area contributed by atoms with Gasteiger partial charge in [-0.3, -0.25) is 14.4 Å². The molecule has 0 fully saturated rings. The van der Waals surface area contributed by atoms with Gasteiger partial charge in [0.15, 0.2) is 12.4 Å². The SMILES string of the molecule is CC(=O)OCC(=O)Nc1c(F)cccc1C(C)=O. The lowest BCUT2D eigenvalue weighted by molar-refractivity contribution is -0.144. The average Bonchev–Trinajstić information content (AvgIpc) is 2.28. The maximum atomic E-state index is 13.5. The van der Waals surface area contributed by atoms with Crippen molar-refractivity contribution in [2.24, 2.45) is 0 Å². The van der Waals surface area contributed by atoms with Crippen LogP contribution in [0.15, 0.2) is 18.2 Å². The number of para-hydroxylation sites is 1. The van der Waals surface area contributed by atoms with Gasteiger partial charge in [-0.15, -0.1) is 0 Å². The number of hydrogen-bond acceptors (Lipinski definition) is 4. The standard InChI is InChI=1S/C12H12FNO4/c1-7(15)9-4-3-5-10(13)12(9)14-11(17)6-18-8(2)16/h3-5H,6H2,1-2H3,(H,14,17). The summed E-state index contributed by atoms with van der Waals surface area (Å²) in [4.78, 5) is 33.2. The summed E-state index contributed by atoms with van der Waals surface area (Å²) in [6.07, 6.45) is 0. The molecule has 0 bridgehead atoms. The largest absolute Gasteiger partial charge is 0.456 e. The van der Waals surface area contributed by atoms with Crippen molar-refractivity contribution in [3.63, 3.8) is 0 Å². The van der Waals surface area contributed by atoms with Crippen LogP contribution in [-0.4, -0.2) is 24.3 Å². The Labute approximate surface area is 103 Å². The molecule has 0 saturated carbocycles. The summed E-state index contributed by atoms with van der Waals surface area (Å²) < 4.78 is 18.0. The number of carbonyl (C=O) groups is 3. The van der Waals surface area contributed by atoms with Crippen molar-refractivity contribution >= 4 is 23.3 Å². The van der Waals surface area contributed by atoms with E-state index in [0.29, 0.717) is 0 Å². The van der Waals surface area contributed by atoms with Gasteiger partial charge in [0.2, 0.25) is 0 Å². The molecule has 0 aromatic heterocycles. The quantitative estimate of drug-likeness (QED) is 0.652. The van der Waals surface area contributed by atoms with Crippen LogP contribution in [0.4, 0.5) is 10.1 Å². The lowest BCUT2D eigenvalue weighted by Gasteiger charge is -2.10. The van der Waals surface area contributed by atoms with E-state index in [1.807, 2.05) is 0 Å². The van der Waals surface area contributed by atoms with Crippen LogP contribution in [0.2, 0.25) is 0 Å². The smallest absolute Gasteiger partial charge is 0.303 e. The van der Waals surface area contributed by atoms with Crippen molar-refractivity contribution in [3.8, 4) is 0 Å². The molecule has 1 amide bonds. The Kier molecular flexibility index (Phi) is 4.53. The monoisotopic (exact) mass is 253 g/mol. The highest BCUT2D eigenvalue weighted by molar-refractivity contribution is 6.04. The molecule has 0 aliphatic carbocycles. The Morgan fingerprint density at radius 3 is 2.50 bits per heavy atom. The van der Waals surface area contributed by atoms with Crippen molar-refractivity contribution in [2.75, 3.05) is 11.9 Å². The molecule has 0 saturated heterocycles. The summed E-state index contributed by atoms with van der Waals surface area (Å²) in [6.45, 7) is 1.88. The van der Waals surface area contributed by atoms with Crippen molar-refractivity contribution in [2.45, 2.75) is 13.8 Å². The van der Waals surface area contributed by atoms with Crippen LogP contribution in [0, 0.1) is 5.82 Å². The van der Waals surface area contributed by atoms with Crippen LogP contribution in [0.25, 0.3) is 0 Å². The van der Waals surface area contributed by atoms with Gasteiger partial charge in [-0.1, -0.05) is 6.07 Å². The molecular formula is C12H12FNO4. The minimum atomic E-state index is -0.723. The number of rotatable bonds is 4. The van der Waals surface area contributed by atoms with Gasteiger partial charge in [0, 0.05) is 12.5 Å². The molecule has 0 radical (unpaired) electrons. The van der Waals surface area contributed by atoms with E-state index in [4.69, 9.17) is 0 Å². The number of ketones is 1. The van der Waals surface area contributed by atoms with Crippen molar-refractivity contribution < 1.29 is 23.5 Å². The molecule has 1 rings (SSSR count). The number of amides is 1. The minimum absolute atomic E-state index is 0.0613. The fraction of sp³-hybridized carbons (Fsp3) is 0.250. The number of halogens is 1. The highest BCUT2D eigenvalue weighted by Gasteiger charge is 2.15.